The van der Waals surface area contributed by atoms with Crippen molar-refractivity contribution in [1.82, 2.24) is 5.32 Å². The van der Waals surface area contributed by atoms with E-state index in [9.17, 15) is 4.79 Å². The Morgan fingerprint density at radius 3 is 2.00 bits per heavy atom. The SMILES string of the molecule is C[C@H](N)C12C3C4C1C1C2C3C41NC(=O)OC(C)(C)C. The van der Waals surface area contributed by atoms with Crippen LogP contribution in [-0.4, -0.2) is 23.3 Å². The zero-order chi connectivity index (χ0) is 13.5. The van der Waals surface area contributed by atoms with E-state index < -0.39 is 5.60 Å². The Balaban J connectivity index is 1.32. The molecule has 0 aromatic carbocycles. The average Bonchev–Trinajstić information content (AvgIpc) is 2.26. The van der Waals surface area contributed by atoms with Gasteiger partial charge in [0.2, 0.25) is 0 Å². The number of alkyl carbamates (subject to hydrolysis) is 1. The predicted octanol–water partition coefficient (Wildman–Crippen LogP) is 1.35. The van der Waals surface area contributed by atoms with Crippen LogP contribution in [0.4, 0.5) is 4.79 Å². The molecule has 0 bridgehead atoms. The highest BCUT2D eigenvalue weighted by Crippen LogP contribution is 3.07. The van der Waals surface area contributed by atoms with Gasteiger partial charge in [-0.25, -0.2) is 4.79 Å². The molecule has 1 amide bonds. The summed E-state index contributed by atoms with van der Waals surface area (Å²) in [4.78, 5) is 12.0. The van der Waals surface area contributed by atoms with Crippen molar-refractivity contribution >= 4 is 6.09 Å². The van der Waals surface area contributed by atoms with Crippen LogP contribution in [-0.2, 0) is 4.74 Å². The average molecular weight is 262 g/mol. The number of carbonyl (C=O) groups excluding carboxylic acids is 1. The molecule has 104 valence electrons. The smallest absolute Gasteiger partial charge is 0.408 e. The Morgan fingerprint density at radius 1 is 1.16 bits per heavy atom. The van der Waals surface area contributed by atoms with Crippen molar-refractivity contribution in [2.75, 3.05) is 0 Å². The summed E-state index contributed by atoms with van der Waals surface area (Å²) in [6.45, 7) is 7.92. The van der Waals surface area contributed by atoms with E-state index in [-0.39, 0.29) is 11.6 Å². The molecule has 0 aromatic rings. The van der Waals surface area contributed by atoms with Crippen molar-refractivity contribution in [1.29, 1.82) is 0 Å². The van der Waals surface area contributed by atoms with Gasteiger partial charge in [-0.2, -0.15) is 0 Å². The molecule has 6 saturated carbocycles. The van der Waals surface area contributed by atoms with E-state index in [4.69, 9.17) is 10.5 Å². The molecule has 6 rings (SSSR count). The van der Waals surface area contributed by atoms with E-state index in [1.807, 2.05) is 20.8 Å². The Morgan fingerprint density at radius 2 is 1.63 bits per heavy atom. The van der Waals surface area contributed by atoms with Crippen LogP contribution in [0.3, 0.4) is 0 Å². The summed E-state index contributed by atoms with van der Waals surface area (Å²) in [5, 5.41) is 3.22. The van der Waals surface area contributed by atoms with Crippen LogP contribution in [0.1, 0.15) is 27.7 Å². The Hall–Kier alpha value is -0.770. The fraction of sp³-hybridized carbons (Fsp3) is 0.933. The van der Waals surface area contributed by atoms with E-state index in [1.165, 1.54) is 0 Å². The van der Waals surface area contributed by atoms with Gasteiger partial charge in [0.25, 0.3) is 0 Å². The van der Waals surface area contributed by atoms with Gasteiger partial charge in [0, 0.05) is 6.04 Å². The van der Waals surface area contributed by atoms with Gasteiger partial charge in [0.05, 0.1) is 5.54 Å². The monoisotopic (exact) mass is 262 g/mol. The van der Waals surface area contributed by atoms with Crippen LogP contribution in [0.5, 0.6) is 0 Å². The summed E-state index contributed by atoms with van der Waals surface area (Å²) in [5.74, 6) is 4.65. The summed E-state index contributed by atoms with van der Waals surface area (Å²) in [6.07, 6.45) is -0.224. The first-order valence-electron chi connectivity index (χ1n) is 7.54. The molecule has 4 heteroatoms. The van der Waals surface area contributed by atoms with E-state index in [0.29, 0.717) is 11.5 Å². The third-order valence-corrected chi connectivity index (χ3v) is 7.21. The fourth-order valence-electron chi connectivity index (χ4n) is 7.25. The molecule has 0 aliphatic heterocycles. The number of nitrogens with one attached hydrogen (secondary N) is 1. The van der Waals surface area contributed by atoms with Gasteiger partial charge in [-0.1, -0.05) is 0 Å². The lowest BCUT2D eigenvalue weighted by atomic mass is 8.93. The molecule has 6 fully saturated rings. The van der Waals surface area contributed by atoms with Crippen molar-refractivity contribution in [2.45, 2.75) is 44.9 Å². The third-order valence-electron chi connectivity index (χ3n) is 7.21. The molecule has 0 saturated heterocycles. The number of ether oxygens (including phenoxy) is 1. The number of carbonyl (C=O) groups is 1. The molecular weight excluding hydrogens is 240 g/mol. The lowest BCUT2D eigenvalue weighted by Crippen LogP contribution is -3.16. The van der Waals surface area contributed by atoms with Gasteiger partial charge >= 0.3 is 6.09 Å². The van der Waals surface area contributed by atoms with E-state index in [0.717, 1.165) is 35.5 Å². The molecule has 19 heavy (non-hydrogen) atoms. The molecular formula is C15H22N2O2. The lowest BCUT2D eigenvalue weighted by molar-refractivity contribution is -0.628. The Kier molecular flexibility index (Phi) is 1.40. The molecule has 0 aromatic heterocycles. The molecule has 0 radical (unpaired) electrons. The quantitative estimate of drug-likeness (QED) is 0.789. The van der Waals surface area contributed by atoms with Gasteiger partial charge < -0.3 is 15.8 Å². The number of hydrogen-bond acceptors (Lipinski definition) is 3. The lowest BCUT2D eigenvalue weighted by Gasteiger charge is -3.11. The van der Waals surface area contributed by atoms with Crippen molar-refractivity contribution in [3.05, 3.63) is 0 Å². The first-order chi connectivity index (χ1) is 8.78. The van der Waals surface area contributed by atoms with E-state index in [1.54, 1.807) is 0 Å². The second kappa shape index (κ2) is 2.43. The highest BCUT2D eigenvalue weighted by molar-refractivity contribution is 5.74. The first kappa shape index (κ1) is 11.0. The molecule has 3 N–H and O–H groups in total. The molecule has 0 heterocycles. The van der Waals surface area contributed by atoms with Crippen LogP contribution in [0.2, 0.25) is 0 Å². The van der Waals surface area contributed by atoms with Gasteiger partial charge in [-0.15, -0.1) is 0 Å². The van der Waals surface area contributed by atoms with Crippen molar-refractivity contribution in [2.24, 2.45) is 46.7 Å². The molecule has 4 nitrogen and oxygen atoms in total. The van der Waals surface area contributed by atoms with Crippen LogP contribution in [0.25, 0.3) is 0 Å². The summed E-state index contributed by atoms with van der Waals surface area (Å²) in [6, 6.07) is 0.344. The third kappa shape index (κ3) is 0.706. The zero-order valence-corrected chi connectivity index (χ0v) is 11.9. The second-order valence-electron chi connectivity index (χ2n) is 8.50. The van der Waals surface area contributed by atoms with Crippen molar-refractivity contribution < 1.29 is 9.53 Å². The minimum absolute atomic E-state index is 0.138. The minimum atomic E-state index is -0.407. The molecule has 6 aliphatic rings. The highest BCUT2D eigenvalue weighted by Gasteiger charge is 3.10. The molecule has 1 atom stereocenters. The highest BCUT2D eigenvalue weighted by atomic mass is 16.6. The molecule has 0 spiro atoms. The maximum atomic E-state index is 12.0. The number of nitrogens with two attached hydrogens (primary N) is 1. The van der Waals surface area contributed by atoms with Gasteiger partial charge in [-0.05, 0) is 68.6 Å². The normalized spacial score (nSPS) is 62.4. The van der Waals surface area contributed by atoms with Crippen LogP contribution in [0.15, 0.2) is 0 Å². The summed E-state index contributed by atoms with van der Waals surface area (Å²) in [5.41, 5.74) is 6.43. The van der Waals surface area contributed by atoms with Crippen LogP contribution < -0.4 is 11.1 Å². The van der Waals surface area contributed by atoms with Crippen molar-refractivity contribution in [3.8, 4) is 0 Å². The van der Waals surface area contributed by atoms with E-state index in [2.05, 4.69) is 12.2 Å². The van der Waals surface area contributed by atoms with E-state index >= 15 is 0 Å². The number of rotatable bonds is 2. The second-order valence-corrected chi connectivity index (χ2v) is 8.50. The standard InChI is InChI=1S/C15H22N2O2/c1-5(16)14-6-9-7(14)11-8(14)10(6)15(9,11)17-12(18)19-13(2,3)4/h5-11H,16H2,1-4H3,(H,17,18)/t5-,6?,7?,8?,9?,10?,11?,14?,15?/m0/s1. The Labute approximate surface area is 113 Å². The van der Waals surface area contributed by atoms with Crippen molar-refractivity contribution in [3.63, 3.8) is 0 Å². The largest absolute Gasteiger partial charge is 0.444 e. The zero-order valence-electron chi connectivity index (χ0n) is 11.9. The fourth-order valence-corrected chi connectivity index (χ4v) is 7.25. The van der Waals surface area contributed by atoms with Crippen LogP contribution in [0, 0.1) is 40.9 Å². The number of hydrogen-bond donors (Lipinski definition) is 2. The van der Waals surface area contributed by atoms with Gasteiger partial charge in [-0.3, -0.25) is 0 Å². The van der Waals surface area contributed by atoms with Gasteiger partial charge in [0.15, 0.2) is 0 Å². The molecule has 6 aliphatic carbocycles. The maximum absolute atomic E-state index is 12.0. The van der Waals surface area contributed by atoms with Gasteiger partial charge in [0.1, 0.15) is 5.60 Å². The summed E-state index contributed by atoms with van der Waals surface area (Å²) < 4.78 is 5.42. The summed E-state index contributed by atoms with van der Waals surface area (Å²) in [7, 11) is 0. The Bertz CT molecular complexity index is 465. The van der Waals surface area contributed by atoms with Crippen LogP contribution >= 0.6 is 0 Å². The predicted molar refractivity (Wildman–Crippen MR) is 69.1 cm³/mol. The first-order valence-corrected chi connectivity index (χ1v) is 7.54. The number of amides is 1. The maximum Gasteiger partial charge on any atom is 0.408 e. The topological polar surface area (TPSA) is 64.3 Å². The molecule has 0 unspecified atom stereocenters. The minimum Gasteiger partial charge on any atom is -0.444 e. The summed E-state index contributed by atoms with van der Waals surface area (Å²) >= 11 is 0.